The number of nitrogens with zero attached hydrogens (tertiary/aromatic N) is 5. The summed E-state index contributed by atoms with van der Waals surface area (Å²) in [6.07, 6.45) is 0.334. The highest BCUT2D eigenvalue weighted by molar-refractivity contribution is 7.12. The number of halogens is 4. The molecule has 2 atom stereocenters. The molecule has 2 aliphatic heterocycles. The van der Waals surface area contributed by atoms with Gasteiger partial charge in [0.2, 0.25) is 11.8 Å². The Morgan fingerprint density at radius 3 is 2.70 bits per heavy atom. The molecule has 5 rings (SSSR count). The summed E-state index contributed by atoms with van der Waals surface area (Å²) in [7, 11) is 0. The lowest BCUT2D eigenvalue weighted by atomic mass is 9.83. The van der Waals surface area contributed by atoms with Gasteiger partial charge < -0.3 is 15.1 Å². The number of nitriles is 1. The summed E-state index contributed by atoms with van der Waals surface area (Å²) >= 11 is 1.21. The Morgan fingerprint density at radius 2 is 2.02 bits per heavy atom. The van der Waals surface area contributed by atoms with E-state index >= 15 is 4.39 Å². The maximum absolute atomic E-state index is 15.5. The van der Waals surface area contributed by atoms with Gasteiger partial charge in [-0.1, -0.05) is 18.2 Å². The molecule has 1 fully saturated rings. The number of carbonyl (C=O) groups is 2. The van der Waals surface area contributed by atoms with Crippen LogP contribution in [0.3, 0.4) is 0 Å². The van der Waals surface area contributed by atoms with Gasteiger partial charge in [-0.25, -0.2) is 4.39 Å². The summed E-state index contributed by atoms with van der Waals surface area (Å²) in [4.78, 5) is 29.3. The van der Waals surface area contributed by atoms with Gasteiger partial charge in [-0.2, -0.15) is 23.5 Å². The van der Waals surface area contributed by atoms with E-state index in [9.17, 15) is 28.0 Å². The van der Waals surface area contributed by atoms with Crippen molar-refractivity contribution in [3.05, 3.63) is 75.0 Å². The monoisotopic (exact) mass is 614 g/mol. The molecule has 1 unspecified atom stereocenters. The van der Waals surface area contributed by atoms with Crippen molar-refractivity contribution < 1.29 is 27.2 Å². The second-order valence-electron chi connectivity index (χ2n) is 10.6. The lowest BCUT2D eigenvalue weighted by Gasteiger charge is -2.33. The van der Waals surface area contributed by atoms with E-state index in [1.807, 2.05) is 0 Å². The predicted molar refractivity (Wildman–Crippen MR) is 152 cm³/mol. The van der Waals surface area contributed by atoms with Gasteiger partial charge in [0.1, 0.15) is 16.8 Å². The smallest absolute Gasteiger partial charge is 0.341 e. The SMILES string of the molecule is CCn1cc(-c2c(F)cccc2[C@@H]2CN(C(=O)/C=C/CNC3CCN(C(C)=O)C3)Cc3sc(C#N)cc32)c(C(F)(F)F)n1. The number of fused-ring (bicyclic) bond motifs is 1. The molecule has 1 aromatic carbocycles. The number of aromatic nitrogens is 2. The number of benzene rings is 1. The lowest BCUT2D eigenvalue weighted by Crippen LogP contribution is -2.37. The third-order valence-electron chi connectivity index (χ3n) is 7.84. The fraction of sp³-hybridized carbons (Fsp3) is 0.400. The first-order valence-corrected chi connectivity index (χ1v) is 14.7. The van der Waals surface area contributed by atoms with Gasteiger partial charge in [0.15, 0.2) is 5.69 Å². The average molecular weight is 615 g/mol. The number of alkyl halides is 3. The third-order valence-corrected chi connectivity index (χ3v) is 8.88. The first-order chi connectivity index (χ1) is 20.5. The van der Waals surface area contributed by atoms with Crippen molar-refractivity contribution in [2.24, 2.45) is 0 Å². The van der Waals surface area contributed by atoms with Crippen molar-refractivity contribution in [3.63, 3.8) is 0 Å². The van der Waals surface area contributed by atoms with Crippen LogP contribution in [0.2, 0.25) is 0 Å². The summed E-state index contributed by atoms with van der Waals surface area (Å²) in [6.45, 7) is 5.35. The first-order valence-electron chi connectivity index (χ1n) is 13.9. The van der Waals surface area contributed by atoms with E-state index in [0.29, 0.717) is 30.1 Å². The van der Waals surface area contributed by atoms with E-state index in [1.54, 1.807) is 34.9 Å². The summed E-state index contributed by atoms with van der Waals surface area (Å²) in [5.41, 5.74) is -0.804. The van der Waals surface area contributed by atoms with Gasteiger partial charge in [0, 0.05) is 79.9 Å². The summed E-state index contributed by atoms with van der Waals surface area (Å²) < 4.78 is 58.7. The molecule has 226 valence electrons. The van der Waals surface area contributed by atoms with Gasteiger partial charge >= 0.3 is 6.18 Å². The molecule has 0 spiro atoms. The number of likely N-dealkylation sites (tertiary alicyclic amines) is 1. The topological polar surface area (TPSA) is 94.3 Å². The minimum Gasteiger partial charge on any atom is -0.341 e. The molecule has 1 N–H and O–H groups in total. The normalized spacial score (nSPS) is 18.7. The number of hydrogen-bond donors (Lipinski definition) is 1. The highest BCUT2D eigenvalue weighted by atomic mass is 32.1. The Balaban J connectivity index is 1.44. The van der Waals surface area contributed by atoms with Gasteiger partial charge in [-0.3, -0.25) is 14.3 Å². The lowest BCUT2D eigenvalue weighted by molar-refractivity contribution is -0.141. The van der Waals surface area contributed by atoms with Crippen LogP contribution in [-0.2, 0) is 28.9 Å². The van der Waals surface area contributed by atoms with Crippen LogP contribution in [0, 0.1) is 17.1 Å². The zero-order chi connectivity index (χ0) is 30.9. The van der Waals surface area contributed by atoms with Crippen molar-refractivity contribution in [1.29, 1.82) is 5.26 Å². The molecule has 0 radical (unpaired) electrons. The van der Waals surface area contributed by atoms with Crippen molar-refractivity contribution in [2.75, 3.05) is 26.2 Å². The Labute approximate surface area is 250 Å². The third kappa shape index (κ3) is 6.35. The molecular formula is C30H30F4N6O2S. The molecule has 13 heteroatoms. The van der Waals surface area contributed by atoms with Crippen LogP contribution < -0.4 is 5.32 Å². The zero-order valence-corrected chi connectivity index (χ0v) is 24.4. The number of thiophene rings is 1. The number of rotatable bonds is 7. The van der Waals surface area contributed by atoms with Gasteiger partial charge in [0.25, 0.3) is 0 Å². The Morgan fingerprint density at radius 1 is 1.23 bits per heavy atom. The molecule has 3 aromatic rings. The van der Waals surface area contributed by atoms with Gasteiger partial charge in [-0.05, 0) is 36.6 Å². The molecule has 2 amide bonds. The van der Waals surface area contributed by atoms with Crippen molar-refractivity contribution in [3.8, 4) is 17.2 Å². The summed E-state index contributed by atoms with van der Waals surface area (Å²) in [5, 5.41) is 16.6. The van der Waals surface area contributed by atoms with E-state index in [-0.39, 0.29) is 54.2 Å². The van der Waals surface area contributed by atoms with Crippen LogP contribution in [0.15, 0.2) is 42.6 Å². The number of amides is 2. The molecule has 4 heterocycles. The Kier molecular flexibility index (Phi) is 8.71. The maximum atomic E-state index is 15.5. The van der Waals surface area contributed by atoms with Crippen LogP contribution in [0.5, 0.6) is 0 Å². The highest BCUT2D eigenvalue weighted by Crippen LogP contribution is 2.45. The van der Waals surface area contributed by atoms with Gasteiger partial charge in [-0.15, -0.1) is 11.3 Å². The molecule has 0 aliphatic carbocycles. The second kappa shape index (κ2) is 12.3. The van der Waals surface area contributed by atoms with Crippen molar-refractivity contribution in [1.82, 2.24) is 24.9 Å². The first kappa shape index (κ1) is 30.4. The van der Waals surface area contributed by atoms with E-state index in [1.165, 1.54) is 36.6 Å². The minimum atomic E-state index is -4.81. The van der Waals surface area contributed by atoms with Gasteiger partial charge in [0.05, 0.1) is 6.54 Å². The van der Waals surface area contributed by atoms with E-state index < -0.39 is 23.6 Å². The molecule has 0 bridgehead atoms. The number of aryl methyl sites for hydroxylation is 1. The summed E-state index contributed by atoms with van der Waals surface area (Å²) in [5.74, 6) is -1.79. The highest BCUT2D eigenvalue weighted by Gasteiger charge is 2.40. The fourth-order valence-electron chi connectivity index (χ4n) is 5.71. The van der Waals surface area contributed by atoms with Crippen LogP contribution in [0.1, 0.15) is 52.8 Å². The molecule has 2 aromatic heterocycles. The van der Waals surface area contributed by atoms with Crippen molar-refractivity contribution in [2.45, 2.75) is 51.5 Å². The van der Waals surface area contributed by atoms with Crippen LogP contribution in [0.25, 0.3) is 11.1 Å². The fourth-order valence-corrected chi connectivity index (χ4v) is 6.75. The number of hydrogen-bond acceptors (Lipinski definition) is 6. The minimum absolute atomic E-state index is 0.0254. The Hall–Kier alpha value is -4.02. The molecule has 0 saturated carbocycles. The van der Waals surface area contributed by atoms with E-state index in [0.717, 1.165) is 22.0 Å². The number of nitrogens with one attached hydrogen (secondary N) is 1. The van der Waals surface area contributed by atoms with E-state index in [4.69, 9.17) is 0 Å². The quantitative estimate of drug-likeness (QED) is 0.302. The zero-order valence-electron chi connectivity index (χ0n) is 23.6. The molecule has 1 saturated heterocycles. The maximum Gasteiger partial charge on any atom is 0.435 e. The standard InChI is InChI=1S/C30H30F4N6O2S/c1-3-40-16-24(29(37-40)30(32,33)34)28-21(6-4-7-25(28)31)23-15-39(17-26-22(23)12-20(13-35)43-26)27(42)8-5-10-36-19-9-11-38(14-19)18(2)41/h4-8,12,16,19,23,36H,3,9-11,14-15,17H2,1-2H3/b8-5+/t19?,23-/m0/s1. The second-order valence-corrected chi connectivity index (χ2v) is 11.7. The molecule has 2 aliphatic rings. The molecule has 43 heavy (non-hydrogen) atoms. The Bertz CT molecular complexity index is 1600. The van der Waals surface area contributed by atoms with Crippen LogP contribution in [-0.4, -0.2) is 63.6 Å². The molecule has 8 nitrogen and oxygen atoms in total. The van der Waals surface area contributed by atoms with Crippen LogP contribution >= 0.6 is 11.3 Å². The summed E-state index contributed by atoms with van der Waals surface area (Å²) in [6, 6.07) is 8.03. The molecular weight excluding hydrogens is 584 g/mol. The number of carbonyl (C=O) groups excluding carboxylic acids is 2. The van der Waals surface area contributed by atoms with E-state index in [2.05, 4.69) is 16.5 Å². The van der Waals surface area contributed by atoms with Crippen LogP contribution in [0.4, 0.5) is 17.6 Å². The average Bonchev–Trinajstić information content (AvgIpc) is 3.72. The predicted octanol–water partition coefficient (Wildman–Crippen LogP) is 4.90. The van der Waals surface area contributed by atoms with Crippen molar-refractivity contribution >= 4 is 23.2 Å². The largest absolute Gasteiger partial charge is 0.435 e.